The van der Waals surface area contributed by atoms with Gasteiger partial charge in [-0.25, -0.2) is 0 Å². The molecule has 1 amide bonds. The van der Waals surface area contributed by atoms with E-state index in [1.54, 1.807) is 0 Å². The van der Waals surface area contributed by atoms with Gasteiger partial charge in [-0.2, -0.15) is 0 Å². The van der Waals surface area contributed by atoms with Crippen LogP contribution < -0.4 is 5.32 Å². The quantitative estimate of drug-likeness (QED) is 0.610. The number of rotatable bonds is 10. The van der Waals surface area contributed by atoms with Crippen LogP contribution in [0.2, 0.25) is 0 Å². The maximum atomic E-state index is 12.8. The van der Waals surface area contributed by atoms with Gasteiger partial charge in [-0.15, -0.1) is 24.8 Å². The molecule has 1 rings (SSSR count). The molecular formula is C19H41Cl2N3O. The number of hydrogen-bond acceptors (Lipinski definition) is 3. The first-order valence-corrected chi connectivity index (χ1v) is 9.68. The van der Waals surface area contributed by atoms with E-state index < -0.39 is 0 Å². The Bertz CT molecular complexity index is 333. The third-order valence-corrected chi connectivity index (χ3v) is 5.20. The molecule has 0 saturated carbocycles. The van der Waals surface area contributed by atoms with E-state index >= 15 is 0 Å². The standard InChI is InChI=1S/C19H39N3O.2ClH/c1-6-21(7-2)12-13-22(15-16(3)4)19(23)14-17(5)18-8-10-20-11-9-18;;/h16-18,20H,6-15H2,1-5H3;2*1H. The lowest BCUT2D eigenvalue weighted by atomic mass is 9.84. The number of likely N-dealkylation sites (N-methyl/N-ethyl adjacent to an activating group) is 1. The van der Waals surface area contributed by atoms with Crippen molar-refractivity contribution >= 4 is 30.7 Å². The predicted octanol–water partition coefficient (Wildman–Crippen LogP) is 3.68. The van der Waals surface area contributed by atoms with Crippen molar-refractivity contribution in [2.45, 2.75) is 53.9 Å². The Kier molecular flexibility index (Phi) is 16.4. The monoisotopic (exact) mass is 397 g/mol. The second-order valence-electron chi connectivity index (χ2n) is 7.53. The van der Waals surface area contributed by atoms with Crippen LogP contribution in [0.1, 0.15) is 53.9 Å². The number of amides is 1. The highest BCUT2D eigenvalue weighted by Gasteiger charge is 2.24. The molecule has 6 heteroatoms. The zero-order chi connectivity index (χ0) is 17.2. The molecule has 0 aromatic heterocycles. The summed E-state index contributed by atoms with van der Waals surface area (Å²) in [6.07, 6.45) is 3.16. The number of piperidine rings is 1. The average Bonchev–Trinajstić information content (AvgIpc) is 2.55. The van der Waals surface area contributed by atoms with E-state index in [0.29, 0.717) is 23.7 Å². The Morgan fingerprint density at radius 3 is 2.08 bits per heavy atom. The van der Waals surface area contributed by atoms with Crippen molar-refractivity contribution in [1.29, 1.82) is 0 Å². The molecule has 0 aromatic rings. The lowest BCUT2D eigenvalue weighted by molar-refractivity contribution is -0.133. The normalized spacial score (nSPS) is 16.3. The summed E-state index contributed by atoms with van der Waals surface area (Å²) in [6.45, 7) is 18.2. The van der Waals surface area contributed by atoms with Crippen molar-refractivity contribution in [3.8, 4) is 0 Å². The molecule has 4 nitrogen and oxygen atoms in total. The fourth-order valence-electron chi connectivity index (χ4n) is 3.55. The maximum Gasteiger partial charge on any atom is 0.222 e. The first kappa shape index (κ1) is 27.2. The van der Waals surface area contributed by atoms with Gasteiger partial charge in [0.2, 0.25) is 5.91 Å². The van der Waals surface area contributed by atoms with Gasteiger partial charge in [-0.1, -0.05) is 34.6 Å². The van der Waals surface area contributed by atoms with Crippen LogP contribution in [0, 0.1) is 17.8 Å². The molecule has 1 unspecified atom stereocenters. The van der Waals surface area contributed by atoms with E-state index in [9.17, 15) is 4.79 Å². The zero-order valence-electron chi connectivity index (χ0n) is 16.9. The van der Waals surface area contributed by atoms with Gasteiger partial charge in [0.05, 0.1) is 0 Å². The van der Waals surface area contributed by atoms with E-state index in [4.69, 9.17) is 0 Å². The Labute approximate surface area is 168 Å². The van der Waals surface area contributed by atoms with Gasteiger partial charge in [-0.3, -0.25) is 4.79 Å². The highest BCUT2D eigenvalue weighted by Crippen LogP contribution is 2.25. The predicted molar refractivity (Wildman–Crippen MR) is 113 cm³/mol. The Hall–Kier alpha value is -0.0300. The summed E-state index contributed by atoms with van der Waals surface area (Å²) in [5.74, 6) is 2.11. The van der Waals surface area contributed by atoms with Gasteiger partial charge in [0.15, 0.2) is 0 Å². The van der Waals surface area contributed by atoms with Crippen LogP contribution in [0.5, 0.6) is 0 Å². The van der Waals surface area contributed by atoms with Crippen LogP contribution in [0.15, 0.2) is 0 Å². The molecule has 1 atom stereocenters. The van der Waals surface area contributed by atoms with Crippen LogP contribution in [-0.4, -0.2) is 61.5 Å². The van der Waals surface area contributed by atoms with E-state index in [1.807, 2.05) is 0 Å². The first-order valence-electron chi connectivity index (χ1n) is 9.68. The van der Waals surface area contributed by atoms with E-state index in [0.717, 1.165) is 52.2 Å². The fourth-order valence-corrected chi connectivity index (χ4v) is 3.55. The number of nitrogens with one attached hydrogen (secondary N) is 1. The summed E-state index contributed by atoms with van der Waals surface area (Å²) < 4.78 is 0. The van der Waals surface area contributed by atoms with Crippen LogP contribution in [0.3, 0.4) is 0 Å². The van der Waals surface area contributed by atoms with Gasteiger partial charge in [0.1, 0.15) is 0 Å². The molecule has 152 valence electrons. The zero-order valence-corrected chi connectivity index (χ0v) is 18.6. The number of halogens is 2. The molecule has 0 aliphatic carbocycles. The lowest BCUT2D eigenvalue weighted by Crippen LogP contribution is -2.41. The molecular weight excluding hydrogens is 357 g/mol. The SMILES string of the molecule is CCN(CC)CCN(CC(C)C)C(=O)CC(C)C1CCNCC1.Cl.Cl. The highest BCUT2D eigenvalue weighted by molar-refractivity contribution is 5.85. The molecule has 1 saturated heterocycles. The van der Waals surface area contributed by atoms with Crippen molar-refractivity contribution in [2.24, 2.45) is 17.8 Å². The smallest absolute Gasteiger partial charge is 0.222 e. The second kappa shape index (κ2) is 15.1. The molecule has 1 aliphatic rings. The Morgan fingerprint density at radius 1 is 1.04 bits per heavy atom. The molecule has 0 aromatic carbocycles. The highest BCUT2D eigenvalue weighted by atomic mass is 35.5. The van der Waals surface area contributed by atoms with Crippen LogP contribution in [0.25, 0.3) is 0 Å². The molecule has 0 radical (unpaired) electrons. The first-order chi connectivity index (χ1) is 11.0. The van der Waals surface area contributed by atoms with Crippen LogP contribution in [-0.2, 0) is 4.79 Å². The van der Waals surface area contributed by atoms with Crippen LogP contribution >= 0.6 is 24.8 Å². The number of nitrogens with zero attached hydrogens (tertiary/aromatic N) is 2. The maximum absolute atomic E-state index is 12.8. The van der Waals surface area contributed by atoms with Gasteiger partial charge in [0, 0.05) is 26.1 Å². The molecule has 1 aliphatic heterocycles. The Morgan fingerprint density at radius 2 is 1.60 bits per heavy atom. The summed E-state index contributed by atoms with van der Waals surface area (Å²) in [5, 5.41) is 3.42. The van der Waals surface area contributed by atoms with Gasteiger partial charge in [0.25, 0.3) is 0 Å². The van der Waals surface area contributed by atoms with Crippen molar-refractivity contribution in [2.75, 3.05) is 45.8 Å². The van der Waals surface area contributed by atoms with Gasteiger partial charge in [-0.05, 0) is 56.8 Å². The molecule has 0 spiro atoms. The lowest BCUT2D eigenvalue weighted by Gasteiger charge is -2.32. The molecule has 0 bridgehead atoms. The summed E-state index contributed by atoms with van der Waals surface area (Å²) in [4.78, 5) is 17.3. The fraction of sp³-hybridized carbons (Fsp3) is 0.947. The third kappa shape index (κ3) is 10.6. The number of hydrogen-bond donors (Lipinski definition) is 1. The van der Waals surface area contributed by atoms with Crippen molar-refractivity contribution in [3.05, 3.63) is 0 Å². The van der Waals surface area contributed by atoms with Crippen molar-refractivity contribution in [1.82, 2.24) is 15.1 Å². The van der Waals surface area contributed by atoms with E-state index in [-0.39, 0.29) is 24.8 Å². The van der Waals surface area contributed by atoms with Gasteiger partial charge < -0.3 is 15.1 Å². The van der Waals surface area contributed by atoms with E-state index in [2.05, 4.69) is 49.7 Å². The summed E-state index contributed by atoms with van der Waals surface area (Å²) in [5.41, 5.74) is 0. The second-order valence-corrected chi connectivity index (χ2v) is 7.53. The minimum Gasteiger partial charge on any atom is -0.341 e. The molecule has 1 heterocycles. The minimum atomic E-state index is 0. The summed E-state index contributed by atoms with van der Waals surface area (Å²) >= 11 is 0. The number of carbonyl (C=O) groups is 1. The van der Waals surface area contributed by atoms with Gasteiger partial charge >= 0.3 is 0 Å². The average molecular weight is 398 g/mol. The minimum absolute atomic E-state index is 0. The Balaban J connectivity index is 0. The molecule has 1 fully saturated rings. The van der Waals surface area contributed by atoms with Crippen molar-refractivity contribution in [3.63, 3.8) is 0 Å². The largest absolute Gasteiger partial charge is 0.341 e. The third-order valence-electron chi connectivity index (χ3n) is 5.20. The molecule has 25 heavy (non-hydrogen) atoms. The number of carbonyl (C=O) groups excluding carboxylic acids is 1. The van der Waals surface area contributed by atoms with E-state index in [1.165, 1.54) is 12.8 Å². The molecule has 1 N–H and O–H groups in total. The summed E-state index contributed by atoms with van der Waals surface area (Å²) in [6, 6.07) is 0. The van der Waals surface area contributed by atoms with Crippen LogP contribution in [0.4, 0.5) is 0 Å². The van der Waals surface area contributed by atoms with Crippen molar-refractivity contribution < 1.29 is 4.79 Å². The summed E-state index contributed by atoms with van der Waals surface area (Å²) in [7, 11) is 0. The topological polar surface area (TPSA) is 35.6 Å².